The summed E-state index contributed by atoms with van der Waals surface area (Å²) >= 11 is 5.05. The standard InChI is InChI=1S/C13H22N4S/c1-2-3-4-5-8-17-11(9-10-6-7-10)12(13(14)18)15-16-17/h10H,2-9H2,1H3,(H2,14,18). The molecule has 0 unspecified atom stereocenters. The van der Waals surface area contributed by atoms with Crippen molar-refractivity contribution in [2.45, 2.75) is 58.4 Å². The Labute approximate surface area is 114 Å². The Bertz CT molecular complexity index is 409. The van der Waals surface area contributed by atoms with Crippen LogP contribution >= 0.6 is 12.2 Å². The van der Waals surface area contributed by atoms with E-state index in [0.29, 0.717) is 4.99 Å². The Hall–Kier alpha value is -0.970. The second-order valence-electron chi connectivity index (χ2n) is 5.18. The van der Waals surface area contributed by atoms with Crippen LogP contribution in [0, 0.1) is 5.92 Å². The van der Waals surface area contributed by atoms with Crippen LogP contribution in [0.25, 0.3) is 0 Å². The Balaban J connectivity index is 2.00. The number of hydrogen-bond acceptors (Lipinski definition) is 3. The van der Waals surface area contributed by atoms with Gasteiger partial charge in [0.1, 0.15) is 10.7 Å². The zero-order valence-electron chi connectivity index (χ0n) is 11.1. The van der Waals surface area contributed by atoms with Crippen molar-refractivity contribution in [1.82, 2.24) is 15.0 Å². The maximum atomic E-state index is 5.72. The van der Waals surface area contributed by atoms with Crippen molar-refractivity contribution in [1.29, 1.82) is 0 Å². The number of aryl methyl sites for hydroxylation is 1. The first-order valence-corrected chi connectivity index (χ1v) is 7.35. The zero-order valence-corrected chi connectivity index (χ0v) is 11.9. The third-order valence-electron chi connectivity index (χ3n) is 3.47. The lowest BCUT2D eigenvalue weighted by Crippen LogP contribution is -2.15. The molecule has 18 heavy (non-hydrogen) atoms. The summed E-state index contributed by atoms with van der Waals surface area (Å²) in [6.45, 7) is 3.16. The molecule has 2 N–H and O–H groups in total. The minimum Gasteiger partial charge on any atom is -0.388 e. The van der Waals surface area contributed by atoms with E-state index in [0.717, 1.165) is 36.7 Å². The molecule has 5 heteroatoms. The highest BCUT2D eigenvalue weighted by molar-refractivity contribution is 7.80. The van der Waals surface area contributed by atoms with Crippen molar-refractivity contribution in [3.63, 3.8) is 0 Å². The van der Waals surface area contributed by atoms with Gasteiger partial charge in [0.25, 0.3) is 0 Å². The van der Waals surface area contributed by atoms with Gasteiger partial charge in [-0.3, -0.25) is 0 Å². The lowest BCUT2D eigenvalue weighted by molar-refractivity contribution is 0.507. The van der Waals surface area contributed by atoms with Crippen molar-refractivity contribution in [2.24, 2.45) is 11.7 Å². The molecule has 1 aromatic heterocycles. The van der Waals surface area contributed by atoms with Gasteiger partial charge < -0.3 is 5.73 Å². The van der Waals surface area contributed by atoms with E-state index in [1.165, 1.54) is 32.1 Å². The van der Waals surface area contributed by atoms with Crippen molar-refractivity contribution in [3.8, 4) is 0 Å². The molecule has 1 fully saturated rings. The lowest BCUT2D eigenvalue weighted by Gasteiger charge is -2.07. The molecule has 1 saturated carbocycles. The lowest BCUT2D eigenvalue weighted by atomic mass is 10.1. The number of unbranched alkanes of at least 4 members (excludes halogenated alkanes) is 3. The van der Waals surface area contributed by atoms with Gasteiger partial charge in [-0.25, -0.2) is 4.68 Å². The van der Waals surface area contributed by atoms with Crippen molar-refractivity contribution >= 4 is 17.2 Å². The molecule has 1 aromatic rings. The van der Waals surface area contributed by atoms with E-state index in [2.05, 4.69) is 17.2 Å². The van der Waals surface area contributed by atoms with E-state index >= 15 is 0 Å². The van der Waals surface area contributed by atoms with Crippen molar-refractivity contribution in [3.05, 3.63) is 11.4 Å². The fraction of sp³-hybridized carbons (Fsp3) is 0.769. The van der Waals surface area contributed by atoms with Gasteiger partial charge >= 0.3 is 0 Å². The number of aromatic nitrogens is 3. The quantitative estimate of drug-likeness (QED) is 0.580. The summed E-state index contributed by atoms with van der Waals surface area (Å²) in [4.78, 5) is 0.380. The number of nitrogens with zero attached hydrogens (tertiary/aromatic N) is 3. The van der Waals surface area contributed by atoms with Gasteiger partial charge in [-0.15, -0.1) is 5.10 Å². The molecule has 100 valence electrons. The van der Waals surface area contributed by atoms with Crippen LogP contribution in [0.5, 0.6) is 0 Å². The Kier molecular flexibility index (Phi) is 4.69. The molecule has 0 aliphatic heterocycles. The molecule has 1 heterocycles. The molecule has 1 aliphatic rings. The SMILES string of the molecule is CCCCCCn1nnc(C(N)=S)c1CC1CC1. The van der Waals surface area contributed by atoms with Gasteiger partial charge in [0, 0.05) is 6.54 Å². The molecule has 2 rings (SSSR count). The van der Waals surface area contributed by atoms with E-state index in [4.69, 9.17) is 18.0 Å². The summed E-state index contributed by atoms with van der Waals surface area (Å²) in [5, 5.41) is 8.36. The summed E-state index contributed by atoms with van der Waals surface area (Å²) in [6, 6.07) is 0. The summed E-state index contributed by atoms with van der Waals surface area (Å²) in [5.74, 6) is 0.797. The van der Waals surface area contributed by atoms with Crippen molar-refractivity contribution in [2.75, 3.05) is 0 Å². The number of nitrogens with two attached hydrogens (primary N) is 1. The number of hydrogen-bond donors (Lipinski definition) is 1. The number of rotatable bonds is 8. The monoisotopic (exact) mass is 266 g/mol. The van der Waals surface area contributed by atoms with Gasteiger partial charge in [0.2, 0.25) is 0 Å². The predicted molar refractivity (Wildman–Crippen MR) is 76.5 cm³/mol. The molecular weight excluding hydrogens is 244 g/mol. The van der Waals surface area contributed by atoms with E-state index < -0.39 is 0 Å². The first-order chi connectivity index (χ1) is 8.72. The fourth-order valence-corrected chi connectivity index (χ4v) is 2.35. The molecular formula is C13H22N4S. The van der Waals surface area contributed by atoms with Crippen LogP contribution in [-0.4, -0.2) is 20.0 Å². The van der Waals surface area contributed by atoms with E-state index in [1.54, 1.807) is 0 Å². The zero-order chi connectivity index (χ0) is 13.0. The summed E-state index contributed by atoms with van der Waals surface area (Å²) in [5.41, 5.74) is 7.61. The first-order valence-electron chi connectivity index (χ1n) is 6.94. The Morgan fingerprint density at radius 1 is 1.39 bits per heavy atom. The number of thiocarbonyl (C=S) groups is 1. The molecule has 0 aromatic carbocycles. The maximum Gasteiger partial charge on any atom is 0.143 e. The second kappa shape index (κ2) is 6.27. The van der Waals surface area contributed by atoms with Gasteiger partial charge in [-0.2, -0.15) is 0 Å². The summed E-state index contributed by atoms with van der Waals surface area (Å²) < 4.78 is 2.02. The van der Waals surface area contributed by atoms with Crippen LogP contribution in [0.2, 0.25) is 0 Å². The maximum absolute atomic E-state index is 5.72. The Morgan fingerprint density at radius 2 is 2.17 bits per heavy atom. The molecule has 0 spiro atoms. The summed E-state index contributed by atoms with van der Waals surface area (Å²) in [6.07, 6.45) is 8.62. The summed E-state index contributed by atoms with van der Waals surface area (Å²) in [7, 11) is 0. The highest BCUT2D eigenvalue weighted by atomic mass is 32.1. The third-order valence-corrected chi connectivity index (χ3v) is 3.67. The molecule has 0 bridgehead atoms. The van der Waals surface area contributed by atoms with E-state index in [-0.39, 0.29) is 0 Å². The molecule has 4 nitrogen and oxygen atoms in total. The second-order valence-corrected chi connectivity index (χ2v) is 5.62. The van der Waals surface area contributed by atoms with Crippen LogP contribution in [0.1, 0.15) is 56.8 Å². The minimum absolute atomic E-state index is 0.380. The minimum atomic E-state index is 0.380. The highest BCUT2D eigenvalue weighted by Gasteiger charge is 2.26. The molecule has 0 radical (unpaired) electrons. The van der Waals surface area contributed by atoms with Gasteiger partial charge in [-0.05, 0) is 31.6 Å². The smallest absolute Gasteiger partial charge is 0.143 e. The van der Waals surface area contributed by atoms with Gasteiger partial charge in [-0.1, -0.05) is 43.6 Å². The largest absolute Gasteiger partial charge is 0.388 e. The van der Waals surface area contributed by atoms with E-state index in [1.807, 2.05) is 4.68 Å². The van der Waals surface area contributed by atoms with Gasteiger partial charge in [0.15, 0.2) is 0 Å². The molecule has 1 aliphatic carbocycles. The average molecular weight is 266 g/mol. The first kappa shape index (κ1) is 13.5. The normalized spacial score (nSPS) is 14.9. The average Bonchev–Trinajstić information content (AvgIpc) is 3.05. The molecule has 0 amide bonds. The van der Waals surface area contributed by atoms with Crippen LogP contribution < -0.4 is 5.73 Å². The van der Waals surface area contributed by atoms with E-state index in [9.17, 15) is 0 Å². The highest BCUT2D eigenvalue weighted by Crippen LogP contribution is 2.33. The van der Waals surface area contributed by atoms with Crippen LogP contribution in [0.3, 0.4) is 0 Å². The van der Waals surface area contributed by atoms with Crippen molar-refractivity contribution < 1.29 is 0 Å². The molecule has 0 atom stereocenters. The van der Waals surface area contributed by atoms with Crippen LogP contribution in [-0.2, 0) is 13.0 Å². The third kappa shape index (κ3) is 3.51. The predicted octanol–water partition coefficient (Wildman–Crippen LogP) is 2.45. The topological polar surface area (TPSA) is 56.7 Å². The van der Waals surface area contributed by atoms with Crippen LogP contribution in [0.4, 0.5) is 0 Å². The fourth-order valence-electron chi connectivity index (χ4n) is 2.19. The molecule has 0 saturated heterocycles. The van der Waals surface area contributed by atoms with Crippen LogP contribution in [0.15, 0.2) is 0 Å². The Morgan fingerprint density at radius 3 is 2.78 bits per heavy atom. The van der Waals surface area contributed by atoms with Gasteiger partial charge in [0.05, 0.1) is 5.69 Å².